The van der Waals surface area contributed by atoms with Crippen LogP contribution in [0.5, 0.6) is 0 Å². The summed E-state index contributed by atoms with van der Waals surface area (Å²) in [7, 11) is 0. The summed E-state index contributed by atoms with van der Waals surface area (Å²) < 4.78 is 5.58. The summed E-state index contributed by atoms with van der Waals surface area (Å²) in [5, 5.41) is 9.95. The molecule has 0 aliphatic heterocycles. The molecule has 80 valence electrons. The Morgan fingerprint density at radius 3 is 2.50 bits per heavy atom. The Kier molecular flexibility index (Phi) is 3.97. The quantitative estimate of drug-likeness (QED) is 0.823. The third kappa shape index (κ3) is 4.13. The molecule has 5 heteroatoms. The summed E-state index contributed by atoms with van der Waals surface area (Å²) in [4.78, 5) is 0. The zero-order valence-electron chi connectivity index (χ0n) is 8.91. The number of ether oxygens (including phenoxy) is 1. The Morgan fingerprint density at radius 2 is 1.93 bits per heavy atom. The second-order valence-corrected chi connectivity index (χ2v) is 5.18. The van der Waals surface area contributed by atoms with Crippen LogP contribution in [0.1, 0.15) is 30.8 Å². The van der Waals surface area contributed by atoms with Crippen molar-refractivity contribution < 1.29 is 4.74 Å². The first-order valence-electron chi connectivity index (χ1n) is 4.66. The Bertz CT molecular complexity index is 280. The van der Waals surface area contributed by atoms with Gasteiger partial charge >= 0.3 is 0 Å². The average Bonchev–Trinajstić information content (AvgIpc) is 2.49. The summed E-state index contributed by atoms with van der Waals surface area (Å²) in [5.41, 5.74) is 5.30. The molecule has 0 atom stereocenters. The van der Waals surface area contributed by atoms with E-state index in [1.54, 1.807) is 11.3 Å². The Hall–Kier alpha value is -0.520. The van der Waals surface area contributed by atoms with Crippen molar-refractivity contribution in [3.8, 4) is 0 Å². The lowest BCUT2D eigenvalue weighted by atomic mass is 10.2. The van der Waals surface area contributed by atoms with Crippen LogP contribution in [-0.2, 0) is 17.8 Å². The molecule has 0 saturated heterocycles. The number of nitrogens with two attached hydrogens (primary N) is 1. The van der Waals surface area contributed by atoms with E-state index >= 15 is 0 Å². The fraction of sp³-hybridized carbons (Fsp3) is 0.778. The first-order valence-corrected chi connectivity index (χ1v) is 5.48. The molecular formula is C9H17N3OS. The second-order valence-electron chi connectivity index (χ2n) is 4.03. The minimum atomic E-state index is -0.125. The molecule has 0 spiro atoms. The monoisotopic (exact) mass is 215 g/mol. The summed E-state index contributed by atoms with van der Waals surface area (Å²) in [5.74, 6) is 0. The van der Waals surface area contributed by atoms with Gasteiger partial charge in [0, 0.05) is 6.42 Å². The van der Waals surface area contributed by atoms with Crippen LogP contribution in [0.3, 0.4) is 0 Å². The van der Waals surface area contributed by atoms with Crippen LogP contribution >= 0.6 is 11.3 Å². The minimum absolute atomic E-state index is 0.125. The molecule has 0 amide bonds. The molecule has 0 bridgehead atoms. The molecule has 1 aromatic heterocycles. The summed E-state index contributed by atoms with van der Waals surface area (Å²) in [6, 6.07) is 0. The predicted molar refractivity (Wildman–Crippen MR) is 57.2 cm³/mol. The maximum atomic E-state index is 5.58. The lowest BCUT2D eigenvalue weighted by Crippen LogP contribution is -2.18. The highest BCUT2D eigenvalue weighted by Gasteiger charge is 2.12. The summed E-state index contributed by atoms with van der Waals surface area (Å²) in [6.45, 7) is 7.22. The van der Waals surface area contributed by atoms with Crippen LogP contribution in [0.2, 0.25) is 0 Å². The van der Waals surface area contributed by atoms with Gasteiger partial charge in [-0.3, -0.25) is 0 Å². The first-order chi connectivity index (χ1) is 6.51. The van der Waals surface area contributed by atoms with E-state index in [1.807, 2.05) is 20.8 Å². The van der Waals surface area contributed by atoms with Gasteiger partial charge in [-0.15, -0.1) is 10.2 Å². The number of nitrogens with zero attached hydrogens (tertiary/aromatic N) is 2. The van der Waals surface area contributed by atoms with Crippen LogP contribution in [0.4, 0.5) is 0 Å². The van der Waals surface area contributed by atoms with E-state index in [0.29, 0.717) is 13.2 Å². The van der Waals surface area contributed by atoms with Crippen LogP contribution in [0.15, 0.2) is 0 Å². The van der Waals surface area contributed by atoms with Crippen LogP contribution in [-0.4, -0.2) is 22.3 Å². The number of hydrogen-bond acceptors (Lipinski definition) is 5. The van der Waals surface area contributed by atoms with Crippen molar-refractivity contribution in [3.63, 3.8) is 0 Å². The first kappa shape index (κ1) is 11.6. The number of aromatic nitrogens is 2. The van der Waals surface area contributed by atoms with Crippen LogP contribution in [0.25, 0.3) is 0 Å². The molecule has 0 aliphatic rings. The van der Waals surface area contributed by atoms with Crippen molar-refractivity contribution in [2.45, 2.75) is 39.4 Å². The zero-order valence-corrected chi connectivity index (χ0v) is 9.73. The second kappa shape index (κ2) is 4.82. The molecule has 1 heterocycles. The molecule has 14 heavy (non-hydrogen) atoms. The Balaban J connectivity index is 2.44. The van der Waals surface area contributed by atoms with Gasteiger partial charge in [-0.2, -0.15) is 0 Å². The molecule has 0 saturated carbocycles. The molecule has 2 N–H and O–H groups in total. The third-order valence-corrected chi connectivity index (χ3v) is 2.45. The molecule has 0 unspecified atom stereocenters. The van der Waals surface area contributed by atoms with Gasteiger partial charge in [0.25, 0.3) is 0 Å². The molecule has 0 radical (unpaired) electrons. The standard InChI is InChI=1S/C9H17N3OS/c1-9(2,3)13-6-8-12-11-7(14-8)4-5-10/h4-6,10H2,1-3H3. The van der Waals surface area contributed by atoms with Crippen molar-refractivity contribution in [2.75, 3.05) is 6.54 Å². The third-order valence-electron chi connectivity index (χ3n) is 1.50. The van der Waals surface area contributed by atoms with E-state index in [2.05, 4.69) is 10.2 Å². The normalized spacial score (nSPS) is 12.0. The maximum Gasteiger partial charge on any atom is 0.143 e. The van der Waals surface area contributed by atoms with Crippen molar-refractivity contribution >= 4 is 11.3 Å². The molecule has 1 aromatic rings. The van der Waals surface area contributed by atoms with E-state index in [-0.39, 0.29) is 5.60 Å². The van der Waals surface area contributed by atoms with Gasteiger partial charge in [0.15, 0.2) is 0 Å². The zero-order chi connectivity index (χ0) is 10.6. The Morgan fingerprint density at radius 1 is 1.29 bits per heavy atom. The molecule has 0 aromatic carbocycles. The molecule has 0 fully saturated rings. The highest BCUT2D eigenvalue weighted by molar-refractivity contribution is 7.11. The van der Waals surface area contributed by atoms with Gasteiger partial charge in [-0.25, -0.2) is 0 Å². The Labute approximate surface area is 88.5 Å². The summed E-state index contributed by atoms with van der Waals surface area (Å²) in [6.07, 6.45) is 0.799. The molecular weight excluding hydrogens is 198 g/mol. The lowest BCUT2D eigenvalue weighted by Gasteiger charge is -2.17. The number of hydrogen-bond donors (Lipinski definition) is 1. The van der Waals surface area contributed by atoms with Crippen LogP contribution in [0, 0.1) is 0 Å². The highest BCUT2D eigenvalue weighted by Crippen LogP contribution is 2.15. The van der Waals surface area contributed by atoms with Gasteiger partial charge < -0.3 is 10.5 Å². The number of rotatable bonds is 4. The van der Waals surface area contributed by atoms with E-state index in [0.717, 1.165) is 16.4 Å². The largest absolute Gasteiger partial charge is 0.369 e. The van der Waals surface area contributed by atoms with Gasteiger partial charge in [-0.05, 0) is 27.3 Å². The predicted octanol–water partition coefficient (Wildman–Crippen LogP) is 1.35. The maximum absolute atomic E-state index is 5.58. The van der Waals surface area contributed by atoms with Crippen LogP contribution < -0.4 is 5.73 Å². The fourth-order valence-electron chi connectivity index (χ4n) is 0.849. The highest BCUT2D eigenvalue weighted by atomic mass is 32.1. The molecule has 4 nitrogen and oxygen atoms in total. The lowest BCUT2D eigenvalue weighted by molar-refractivity contribution is -0.0152. The minimum Gasteiger partial charge on any atom is -0.369 e. The van der Waals surface area contributed by atoms with E-state index in [1.165, 1.54) is 0 Å². The fourth-order valence-corrected chi connectivity index (χ4v) is 1.62. The smallest absolute Gasteiger partial charge is 0.143 e. The van der Waals surface area contributed by atoms with Gasteiger partial charge in [0.1, 0.15) is 16.6 Å². The van der Waals surface area contributed by atoms with Crippen molar-refractivity contribution in [1.82, 2.24) is 10.2 Å². The van der Waals surface area contributed by atoms with Crippen molar-refractivity contribution in [3.05, 3.63) is 10.0 Å². The van der Waals surface area contributed by atoms with Gasteiger partial charge in [-0.1, -0.05) is 11.3 Å². The van der Waals surface area contributed by atoms with E-state index in [4.69, 9.17) is 10.5 Å². The SMILES string of the molecule is CC(C)(C)OCc1nnc(CCN)s1. The van der Waals surface area contributed by atoms with Crippen molar-refractivity contribution in [1.29, 1.82) is 0 Å². The van der Waals surface area contributed by atoms with Crippen molar-refractivity contribution in [2.24, 2.45) is 5.73 Å². The van der Waals surface area contributed by atoms with Gasteiger partial charge in [0.2, 0.25) is 0 Å². The average molecular weight is 215 g/mol. The topological polar surface area (TPSA) is 61.0 Å². The van der Waals surface area contributed by atoms with E-state index < -0.39 is 0 Å². The van der Waals surface area contributed by atoms with E-state index in [9.17, 15) is 0 Å². The van der Waals surface area contributed by atoms with Gasteiger partial charge in [0.05, 0.1) is 5.60 Å². The molecule has 1 rings (SSSR count). The molecule has 0 aliphatic carbocycles. The summed E-state index contributed by atoms with van der Waals surface area (Å²) >= 11 is 1.57.